The van der Waals surface area contributed by atoms with Crippen LogP contribution in [0.5, 0.6) is 0 Å². The van der Waals surface area contributed by atoms with Crippen LogP contribution in [-0.2, 0) is 9.53 Å². The first-order chi connectivity index (χ1) is 8.56. The summed E-state index contributed by atoms with van der Waals surface area (Å²) < 4.78 is 4.90. The third-order valence-electron chi connectivity index (χ3n) is 2.87. The molecule has 0 bridgehead atoms. The fourth-order valence-corrected chi connectivity index (χ4v) is 3.78. The lowest BCUT2D eigenvalue weighted by molar-refractivity contribution is -0.142. The number of hydrogen-bond acceptors (Lipinski definition) is 2. The van der Waals surface area contributed by atoms with E-state index in [4.69, 9.17) is 4.74 Å². The van der Waals surface area contributed by atoms with Crippen LogP contribution in [-0.4, -0.2) is 20.7 Å². The van der Waals surface area contributed by atoms with Crippen molar-refractivity contribution in [3.63, 3.8) is 0 Å². The fraction of sp³-hybridized carbons (Fsp3) is 0.400. The zero-order chi connectivity index (χ0) is 13.4. The summed E-state index contributed by atoms with van der Waals surface area (Å²) in [5, 5.41) is 1.41. The first-order valence-electron chi connectivity index (χ1n) is 6.45. The Kier molecular flexibility index (Phi) is 5.85. The number of esters is 1. The molecule has 0 amide bonds. The van der Waals surface area contributed by atoms with Crippen molar-refractivity contribution < 1.29 is 9.53 Å². The summed E-state index contributed by atoms with van der Waals surface area (Å²) in [6.07, 6.45) is 3.36. The average molecular weight is 262 g/mol. The van der Waals surface area contributed by atoms with E-state index < -0.39 is 8.07 Å². The van der Waals surface area contributed by atoms with Crippen molar-refractivity contribution in [2.75, 3.05) is 6.61 Å². The van der Waals surface area contributed by atoms with Crippen LogP contribution in [0.2, 0.25) is 13.1 Å². The first-order valence-corrected chi connectivity index (χ1v) is 9.53. The third kappa shape index (κ3) is 4.88. The van der Waals surface area contributed by atoms with Gasteiger partial charge in [0.15, 0.2) is 0 Å². The van der Waals surface area contributed by atoms with Crippen molar-refractivity contribution >= 4 is 19.2 Å². The lowest BCUT2D eigenvalue weighted by Gasteiger charge is -2.18. The van der Waals surface area contributed by atoms with Gasteiger partial charge in [-0.25, -0.2) is 0 Å². The third-order valence-corrected chi connectivity index (χ3v) is 5.76. The van der Waals surface area contributed by atoms with Crippen molar-refractivity contribution in [2.45, 2.75) is 32.9 Å². The van der Waals surface area contributed by atoms with E-state index in [9.17, 15) is 4.79 Å². The molecule has 2 nitrogen and oxygen atoms in total. The molecule has 98 valence electrons. The van der Waals surface area contributed by atoms with Crippen molar-refractivity contribution in [1.29, 1.82) is 0 Å². The molecule has 0 heterocycles. The highest BCUT2D eigenvalue weighted by Crippen LogP contribution is 2.06. The summed E-state index contributed by atoms with van der Waals surface area (Å²) in [6, 6.07) is 10.6. The van der Waals surface area contributed by atoms with E-state index >= 15 is 0 Å². The molecule has 18 heavy (non-hydrogen) atoms. The molecule has 1 aromatic carbocycles. The van der Waals surface area contributed by atoms with Gasteiger partial charge < -0.3 is 4.74 Å². The highest BCUT2D eigenvalue weighted by Gasteiger charge is 2.18. The molecule has 0 fully saturated rings. The highest BCUT2D eigenvalue weighted by atomic mass is 28.3. The normalized spacial score (nSPS) is 11.7. The van der Waals surface area contributed by atoms with Gasteiger partial charge in [0, 0.05) is 6.42 Å². The summed E-state index contributed by atoms with van der Waals surface area (Å²) in [7, 11) is -1.50. The summed E-state index contributed by atoms with van der Waals surface area (Å²) in [4.78, 5) is 11.2. The van der Waals surface area contributed by atoms with Gasteiger partial charge in [-0.15, -0.1) is 0 Å². The van der Waals surface area contributed by atoms with Crippen LogP contribution in [0.4, 0.5) is 0 Å². The Morgan fingerprint density at radius 3 is 2.56 bits per heavy atom. The van der Waals surface area contributed by atoms with Gasteiger partial charge in [-0.05, 0) is 13.3 Å². The molecular weight excluding hydrogens is 240 g/mol. The predicted molar refractivity (Wildman–Crippen MR) is 78.6 cm³/mol. The standard InChI is InChI=1S/C15H22O2Si/c1-4-17-15(16)12-8-9-13-18(2,3)14-10-6-5-7-11-14/h5-7,9-11,13H,4,8,12H2,1-3H3/b13-9+. The molecule has 1 rings (SSSR count). The summed E-state index contributed by atoms with van der Waals surface area (Å²) in [5.74, 6) is -0.110. The van der Waals surface area contributed by atoms with Gasteiger partial charge in [-0.2, -0.15) is 0 Å². The molecule has 0 radical (unpaired) electrons. The maximum absolute atomic E-state index is 11.2. The number of carbonyl (C=O) groups excluding carboxylic acids is 1. The maximum Gasteiger partial charge on any atom is 0.306 e. The predicted octanol–water partition coefficient (Wildman–Crippen LogP) is 3.04. The Morgan fingerprint density at radius 1 is 1.28 bits per heavy atom. The van der Waals surface area contributed by atoms with Crippen LogP contribution in [0.25, 0.3) is 0 Å². The summed E-state index contributed by atoms with van der Waals surface area (Å²) >= 11 is 0. The minimum atomic E-state index is -1.50. The van der Waals surface area contributed by atoms with Crippen LogP contribution in [0, 0.1) is 0 Å². The average Bonchev–Trinajstić information content (AvgIpc) is 2.36. The zero-order valence-electron chi connectivity index (χ0n) is 11.5. The molecule has 0 atom stereocenters. The van der Waals surface area contributed by atoms with Crippen LogP contribution in [0.15, 0.2) is 42.1 Å². The van der Waals surface area contributed by atoms with Crippen LogP contribution in [0.3, 0.4) is 0 Å². The van der Waals surface area contributed by atoms with Gasteiger partial charge in [-0.1, -0.05) is 60.4 Å². The minimum Gasteiger partial charge on any atom is -0.466 e. The van der Waals surface area contributed by atoms with Gasteiger partial charge in [-0.3, -0.25) is 4.79 Å². The van der Waals surface area contributed by atoms with Crippen molar-refractivity contribution in [1.82, 2.24) is 0 Å². The van der Waals surface area contributed by atoms with E-state index in [1.54, 1.807) is 0 Å². The fourth-order valence-electron chi connectivity index (χ4n) is 1.78. The second kappa shape index (κ2) is 7.16. The van der Waals surface area contributed by atoms with E-state index in [-0.39, 0.29) is 5.97 Å². The van der Waals surface area contributed by atoms with E-state index in [2.05, 4.69) is 49.1 Å². The minimum absolute atomic E-state index is 0.110. The molecule has 0 saturated heterocycles. The van der Waals surface area contributed by atoms with Crippen molar-refractivity contribution in [3.05, 3.63) is 42.1 Å². The first kappa shape index (κ1) is 14.7. The zero-order valence-corrected chi connectivity index (χ0v) is 12.5. The quantitative estimate of drug-likeness (QED) is 0.582. The smallest absolute Gasteiger partial charge is 0.306 e. The lowest BCUT2D eigenvalue weighted by Crippen LogP contribution is -2.39. The number of ether oxygens (including phenoxy) is 1. The SMILES string of the molecule is CCOC(=O)CC/C=C/[Si](C)(C)c1ccccc1. The second-order valence-corrected chi connectivity index (χ2v) is 9.19. The Bertz CT molecular complexity index is 396. The van der Waals surface area contributed by atoms with Gasteiger partial charge in [0.25, 0.3) is 0 Å². The molecule has 0 aliphatic heterocycles. The molecule has 0 spiro atoms. The highest BCUT2D eigenvalue weighted by molar-refractivity contribution is 6.93. The molecule has 0 aliphatic carbocycles. The second-order valence-electron chi connectivity index (χ2n) is 4.83. The van der Waals surface area contributed by atoms with Gasteiger partial charge in [0.2, 0.25) is 0 Å². The Hall–Kier alpha value is -1.35. The number of hydrogen-bond donors (Lipinski definition) is 0. The molecule has 0 unspecified atom stereocenters. The molecule has 0 aromatic heterocycles. The summed E-state index contributed by atoms with van der Waals surface area (Å²) in [5.41, 5.74) is 2.29. The lowest BCUT2D eigenvalue weighted by atomic mass is 10.3. The van der Waals surface area contributed by atoms with E-state index in [0.717, 1.165) is 6.42 Å². The molecule has 0 aliphatic rings. The van der Waals surface area contributed by atoms with Crippen LogP contribution in [0.1, 0.15) is 19.8 Å². The van der Waals surface area contributed by atoms with Gasteiger partial charge in [0.1, 0.15) is 8.07 Å². The molecular formula is C15H22O2Si. The van der Waals surface area contributed by atoms with E-state index in [1.807, 2.05) is 13.0 Å². The van der Waals surface area contributed by atoms with Crippen LogP contribution < -0.4 is 5.19 Å². The van der Waals surface area contributed by atoms with Gasteiger partial charge >= 0.3 is 5.97 Å². The molecule has 0 saturated carbocycles. The van der Waals surface area contributed by atoms with E-state index in [0.29, 0.717) is 13.0 Å². The molecule has 0 N–H and O–H groups in total. The summed E-state index contributed by atoms with van der Waals surface area (Å²) in [6.45, 7) is 6.92. The Balaban J connectivity index is 2.48. The monoisotopic (exact) mass is 262 g/mol. The van der Waals surface area contributed by atoms with Crippen molar-refractivity contribution in [2.24, 2.45) is 0 Å². The largest absolute Gasteiger partial charge is 0.466 e. The number of allylic oxidation sites excluding steroid dienone is 1. The number of benzene rings is 1. The Labute approximate surface area is 111 Å². The molecule has 1 aromatic rings. The van der Waals surface area contributed by atoms with Gasteiger partial charge in [0.05, 0.1) is 6.61 Å². The number of carbonyl (C=O) groups is 1. The van der Waals surface area contributed by atoms with E-state index in [1.165, 1.54) is 5.19 Å². The maximum atomic E-state index is 11.2. The number of rotatable bonds is 6. The van der Waals surface area contributed by atoms with Crippen LogP contribution >= 0.6 is 0 Å². The Morgan fingerprint density at radius 2 is 1.94 bits per heavy atom. The molecule has 3 heteroatoms. The van der Waals surface area contributed by atoms with Crippen molar-refractivity contribution in [3.8, 4) is 0 Å². The topological polar surface area (TPSA) is 26.3 Å².